The molecule has 4 rings (SSSR count). The summed E-state index contributed by atoms with van der Waals surface area (Å²) in [6.45, 7) is 8.97. The molecular formula is C33H37FN2O8S. The Bertz CT molecular complexity index is 1580. The fourth-order valence-electron chi connectivity index (χ4n) is 5.25. The third kappa shape index (κ3) is 7.86. The van der Waals surface area contributed by atoms with E-state index in [0.29, 0.717) is 30.7 Å². The molecule has 1 atom stereocenters. The van der Waals surface area contributed by atoms with Crippen LogP contribution in [0.3, 0.4) is 0 Å². The number of nitrogens with zero attached hydrogens (tertiary/aromatic N) is 2. The number of thiophene rings is 1. The molecule has 1 amide bonds. The molecule has 240 valence electrons. The van der Waals surface area contributed by atoms with Crippen LogP contribution in [0.25, 0.3) is 10.4 Å². The molecule has 0 unspecified atom stereocenters. The Morgan fingerprint density at radius 1 is 0.978 bits per heavy atom. The molecular weight excluding hydrogens is 603 g/mol. The zero-order valence-electron chi connectivity index (χ0n) is 26.0. The summed E-state index contributed by atoms with van der Waals surface area (Å²) >= 11 is 0.895. The summed E-state index contributed by atoms with van der Waals surface area (Å²) in [7, 11) is 0. The summed E-state index contributed by atoms with van der Waals surface area (Å²) in [4.78, 5) is 59.5. The maximum absolute atomic E-state index is 13.8. The second kappa shape index (κ2) is 14.2. The quantitative estimate of drug-likeness (QED) is 0.186. The number of benzene rings is 1. The molecule has 10 nitrogen and oxygen atoms in total. The van der Waals surface area contributed by atoms with Crippen molar-refractivity contribution >= 4 is 35.3 Å². The lowest BCUT2D eigenvalue weighted by atomic mass is 9.91. The van der Waals surface area contributed by atoms with E-state index in [1.807, 2.05) is 0 Å². The zero-order chi connectivity index (χ0) is 32.9. The van der Waals surface area contributed by atoms with E-state index in [0.717, 1.165) is 16.9 Å². The molecule has 45 heavy (non-hydrogen) atoms. The zero-order valence-corrected chi connectivity index (χ0v) is 26.8. The fourth-order valence-corrected chi connectivity index (χ4v) is 6.15. The maximum Gasteiger partial charge on any atom is 0.410 e. The molecule has 1 aromatic carbocycles. The summed E-state index contributed by atoms with van der Waals surface area (Å²) in [6, 6.07) is 8.17. The predicted molar refractivity (Wildman–Crippen MR) is 165 cm³/mol. The smallest absolute Gasteiger partial charge is 0.410 e. The summed E-state index contributed by atoms with van der Waals surface area (Å²) in [5.74, 6) is -3.07. The predicted octanol–water partition coefficient (Wildman–Crippen LogP) is 6.86. The van der Waals surface area contributed by atoms with Gasteiger partial charge in [0.1, 0.15) is 16.3 Å². The van der Waals surface area contributed by atoms with E-state index in [1.54, 1.807) is 46.8 Å². The van der Waals surface area contributed by atoms with Crippen LogP contribution in [0.15, 0.2) is 36.4 Å². The lowest BCUT2D eigenvalue weighted by Gasteiger charge is -2.30. The number of aryl methyl sites for hydroxylation is 2. The minimum Gasteiger partial charge on any atom is -0.477 e. The van der Waals surface area contributed by atoms with E-state index in [9.17, 15) is 28.7 Å². The Hall–Kier alpha value is -4.32. The SMILES string of the molecule is CCOC(=O)c1c(CCc2ccc(F)cc2)nc([C@@H]2CCCN2C(=O)OC(C)(C)C)c(C(=O)OCC)c1-c1ccc(C(=O)O)s1. The van der Waals surface area contributed by atoms with E-state index >= 15 is 0 Å². The summed E-state index contributed by atoms with van der Waals surface area (Å²) < 4.78 is 30.2. The van der Waals surface area contributed by atoms with Crippen LogP contribution in [0.5, 0.6) is 0 Å². The number of carboxylic acid groups (broad SMARTS) is 1. The first-order valence-corrected chi connectivity index (χ1v) is 15.6. The number of pyridine rings is 1. The topological polar surface area (TPSA) is 132 Å². The molecule has 0 bridgehead atoms. The Balaban J connectivity index is 2.02. The summed E-state index contributed by atoms with van der Waals surface area (Å²) in [6.07, 6.45) is 1.05. The van der Waals surface area contributed by atoms with Crippen molar-refractivity contribution in [1.29, 1.82) is 0 Å². The molecule has 0 radical (unpaired) electrons. The summed E-state index contributed by atoms with van der Waals surface area (Å²) in [5, 5.41) is 9.70. The molecule has 0 spiro atoms. The van der Waals surface area contributed by atoms with Crippen LogP contribution in [0.1, 0.15) is 101 Å². The van der Waals surface area contributed by atoms with E-state index in [4.69, 9.17) is 19.2 Å². The van der Waals surface area contributed by atoms with Gasteiger partial charge in [-0.2, -0.15) is 0 Å². The first-order valence-electron chi connectivity index (χ1n) is 14.8. The van der Waals surface area contributed by atoms with Crippen molar-refractivity contribution in [3.8, 4) is 10.4 Å². The number of hydrogen-bond donors (Lipinski definition) is 1. The standard InChI is InChI=1S/C33H37FN2O8S/c1-6-42-30(39)25-21(15-12-19-10-13-20(34)14-11-19)35-28(22-9-8-18-36(22)32(41)44-33(3,4)5)27(31(40)43-7-2)26(25)23-16-17-24(45-23)29(37)38/h10-11,13-14,16-17,22H,6-9,12,15,18H2,1-5H3,(H,37,38)/t22-/m0/s1. The molecule has 3 aromatic rings. The van der Waals surface area contributed by atoms with Crippen molar-refractivity contribution in [2.24, 2.45) is 0 Å². The van der Waals surface area contributed by atoms with Gasteiger partial charge >= 0.3 is 24.0 Å². The molecule has 0 aliphatic carbocycles. The van der Waals surface area contributed by atoms with Crippen LogP contribution in [0.4, 0.5) is 9.18 Å². The second-order valence-corrected chi connectivity index (χ2v) is 12.5. The van der Waals surface area contributed by atoms with Crippen molar-refractivity contribution in [2.45, 2.75) is 71.9 Å². The van der Waals surface area contributed by atoms with Gasteiger partial charge in [0.25, 0.3) is 0 Å². The number of halogens is 1. The van der Waals surface area contributed by atoms with Crippen molar-refractivity contribution in [3.05, 3.63) is 75.2 Å². The number of rotatable bonds is 10. The minimum absolute atomic E-state index is 0.00269. The molecule has 1 aliphatic rings. The Morgan fingerprint density at radius 3 is 2.20 bits per heavy atom. The number of carboxylic acids is 1. The van der Waals surface area contributed by atoms with Crippen molar-refractivity contribution < 1.29 is 42.9 Å². The number of amides is 1. The van der Waals surface area contributed by atoms with E-state index < -0.39 is 35.6 Å². The van der Waals surface area contributed by atoms with Crippen molar-refractivity contribution in [1.82, 2.24) is 9.88 Å². The van der Waals surface area contributed by atoms with Crippen molar-refractivity contribution in [2.75, 3.05) is 19.8 Å². The van der Waals surface area contributed by atoms with Gasteiger partial charge in [-0.25, -0.2) is 23.6 Å². The average Bonchev–Trinajstić information content (AvgIpc) is 3.66. The first-order chi connectivity index (χ1) is 21.3. The number of ether oxygens (including phenoxy) is 3. The highest BCUT2D eigenvalue weighted by Crippen LogP contribution is 2.42. The number of esters is 2. The molecule has 1 aliphatic heterocycles. The van der Waals surface area contributed by atoms with Crippen LogP contribution >= 0.6 is 11.3 Å². The second-order valence-electron chi connectivity index (χ2n) is 11.4. The lowest BCUT2D eigenvalue weighted by Crippen LogP contribution is -2.37. The lowest BCUT2D eigenvalue weighted by molar-refractivity contribution is 0.0216. The summed E-state index contributed by atoms with van der Waals surface area (Å²) in [5.41, 5.74) is 0.628. The Labute approximate surface area is 265 Å². The van der Waals surface area contributed by atoms with Gasteiger partial charge in [0, 0.05) is 17.0 Å². The maximum atomic E-state index is 13.8. The number of carbonyl (C=O) groups excluding carboxylic acids is 3. The van der Waals surface area contributed by atoms with Gasteiger partial charge in [0.2, 0.25) is 0 Å². The molecule has 12 heteroatoms. The normalized spacial score (nSPS) is 14.7. The highest BCUT2D eigenvalue weighted by molar-refractivity contribution is 7.17. The van der Waals surface area contributed by atoms with Gasteiger partial charge in [0.15, 0.2) is 0 Å². The Morgan fingerprint density at radius 2 is 1.62 bits per heavy atom. The first kappa shape index (κ1) is 33.6. The third-order valence-electron chi connectivity index (χ3n) is 7.08. The minimum atomic E-state index is -1.17. The number of carbonyl (C=O) groups is 4. The molecule has 2 aromatic heterocycles. The molecule has 1 fully saturated rings. The monoisotopic (exact) mass is 640 g/mol. The molecule has 1 N–H and O–H groups in total. The van der Waals surface area contributed by atoms with Crippen LogP contribution in [0, 0.1) is 5.82 Å². The van der Waals surface area contributed by atoms with Gasteiger partial charge < -0.3 is 19.3 Å². The highest BCUT2D eigenvalue weighted by atomic mass is 32.1. The van der Waals surface area contributed by atoms with Crippen molar-refractivity contribution in [3.63, 3.8) is 0 Å². The third-order valence-corrected chi connectivity index (χ3v) is 8.17. The van der Waals surface area contributed by atoms with Crippen LogP contribution < -0.4 is 0 Å². The van der Waals surface area contributed by atoms with E-state index in [1.165, 1.54) is 29.2 Å². The number of hydrogen-bond acceptors (Lipinski definition) is 9. The van der Waals surface area contributed by atoms with E-state index in [-0.39, 0.29) is 58.4 Å². The van der Waals surface area contributed by atoms with E-state index in [2.05, 4.69) is 0 Å². The number of aromatic nitrogens is 1. The molecule has 3 heterocycles. The number of aromatic carboxylic acids is 1. The fraction of sp³-hybridized carbons (Fsp3) is 0.424. The van der Waals surface area contributed by atoms with Gasteiger partial charge in [-0.15, -0.1) is 11.3 Å². The van der Waals surface area contributed by atoms with Gasteiger partial charge in [-0.1, -0.05) is 12.1 Å². The molecule has 1 saturated heterocycles. The van der Waals surface area contributed by atoms with Gasteiger partial charge in [-0.3, -0.25) is 9.88 Å². The van der Waals surface area contributed by atoms with Crippen LogP contribution in [0.2, 0.25) is 0 Å². The Kier molecular flexibility index (Phi) is 10.6. The molecule has 0 saturated carbocycles. The van der Waals surface area contributed by atoms with Crippen LogP contribution in [-0.2, 0) is 27.1 Å². The largest absolute Gasteiger partial charge is 0.477 e. The highest BCUT2D eigenvalue weighted by Gasteiger charge is 2.40. The van der Waals surface area contributed by atoms with Gasteiger partial charge in [-0.05, 0) is 90.1 Å². The van der Waals surface area contributed by atoms with Gasteiger partial charge in [0.05, 0.1) is 41.8 Å². The number of likely N-dealkylation sites (tertiary alicyclic amines) is 1. The van der Waals surface area contributed by atoms with Crippen LogP contribution in [-0.4, -0.2) is 64.4 Å². The average molecular weight is 641 g/mol.